The van der Waals surface area contributed by atoms with Crippen molar-refractivity contribution in [2.75, 3.05) is 6.54 Å². The number of nitrogens with two attached hydrogens (primary N) is 1. The van der Waals surface area contributed by atoms with Crippen LogP contribution < -0.4 is 5.73 Å². The van der Waals surface area contributed by atoms with Gasteiger partial charge in [0.1, 0.15) is 5.82 Å². The number of imidazole rings is 1. The molecular formula is C23H45N3. The van der Waals surface area contributed by atoms with E-state index in [0.717, 1.165) is 13.0 Å². The molecule has 0 saturated heterocycles. The maximum atomic E-state index is 5.63. The fraction of sp³-hybridized carbons (Fsp3) is 0.870. The second-order valence-corrected chi connectivity index (χ2v) is 7.88. The second-order valence-electron chi connectivity index (χ2n) is 7.88. The number of rotatable bonds is 19. The van der Waals surface area contributed by atoms with Gasteiger partial charge in [-0.3, -0.25) is 0 Å². The highest BCUT2D eigenvalue weighted by atomic mass is 15.1. The third kappa shape index (κ3) is 12.5. The molecule has 3 heteroatoms. The van der Waals surface area contributed by atoms with Crippen LogP contribution >= 0.6 is 0 Å². The van der Waals surface area contributed by atoms with Gasteiger partial charge in [-0.05, 0) is 6.42 Å². The highest BCUT2D eigenvalue weighted by Gasteiger charge is 2.01. The minimum Gasteiger partial charge on any atom is -0.334 e. The highest BCUT2D eigenvalue weighted by Crippen LogP contribution is 2.14. The molecule has 0 aliphatic carbocycles. The van der Waals surface area contributed by atoms with Crippen molar-refractivity contribution in [2.45, 2.75) is 123 Å². The van der Waals surface area contributed by atoms with Crippen LogP contribution in [0.15, 0.2) is 12.4 Å². The number of hydrogen-bond acceptors (Lipinski definition) is 2. The maximum absolute atomic E-state index is 5.63. The van der Waals surface area contributed by atoms with Gasteiger partial charge in [0, 0.05) is 31.9 Å². The molecule has 26 heavy (non-hydrogen) atoms. The van der Waals surface area contributed by atoms with Crippen molar-refractivity contribution in [3.8, 4) is 0 Å². The van der Waals surface area contributed by atoms with Crippen LogP contribution in [0.1, 0.15) is 115 Å². The van der Waals surface area contributed by atoms with Gasteiger partial charge in [0.15, 0.2) is 0 Å². The molecule has 0 aromatic carbocycles. The Labute approximate surface area is 163 Å². The lowest BCUT2D eigenvalue weighted by Crippen LogP contribution is -2.11. The van der Waals surface area contributed by atoms with E-state index in [1.165, 1.54) is 109 Å². The molecule has 0 saturated carbocycles. The van der Waals surface area contributed by atoms with E-state index in [9.17, 15) is 0 Å². The average Bonchev–Trinajstić information content (AvgIpc) is 3.09. The van der Waals surface area contributed by atoms with E-state index in [0.29, 0.717) is 6.54 Å². The van der Waals surface area contributed by atoms with Crippen LogP contribution in [-0.2, 0) is 13.0 Å². The van der Waals surface area contributed by atoms with Gasteiger partial charge in [-0.15, -0.1) is 0 Å². The van der Waals surface area contributed by atoms with Crippen molar-refractivity contribution in [1.82, 2.24) is 9.55 Å². The minimum absolute atomic E-state index is 0.697. The fourth-order valence-electron chi connectivity index (χ4n) is 3.74. The van der Waals surface area contributed by atoms with Crippen molar-refractivity contribution in [2.24, 2.45) is 5.73 Å². The number of hydrogen-bond donors (Lipinski definition) is 1. The number of aryl methyl sites for hydroxylation is 1. The Bertz CT molecular complexity index is 400. The van der Waals surface area contributed by atoms with E-state index >= 15 is 0 Å². The lowest BCUT2D eigenvalue weighted by atomic mass is 10.0. The molecule has 0 amide bonds. The Morgan fingerprint density at radius 3 is 1.65 bits per heavy atom. The minimum atomic E-state index is 0.697. The molecular weight excluding hydrogens is 318 g/mol. The summed E-state index contributed by atoms with van der Waals surface area (Å²) in [4.78, 5) is 4.45. The van der Waals surface area contributed by atoms with Crippen LogP contribution in [0.2, 0.25) is 0 Å². The van der Waals surface area contributed by atoms with Gasteiger partial charge in [-0.25, -0.2) is 4.98 Å². The van der Waals surface area contributed by atoms with E-state index in [1.807, 2.05) is 6.20 Å². The summed E-state index contributed by atoms with van der Waals surface area (Å²) in [5.41, 5.74) is 5.63. The largest absolute Gasteiger partial charge is 0.334 e. The van der Waals surface area contributed by atoms with Crippen molar-refractivity contribution in [3.63, 3.8) is 0 Å². The molecule has 0 unspecified atom stereocenters. The lowest BCUT2D eigenvalue weighted by Gasteiger charge is -2.06. The number of aromatic nitrogens is 2. The van der Waals surface area contributed by atoms with Gasteiger partial charge in [0.25, 0.3) is 0 Å². The molecule has 1 aromatic heterocycles. The Balaban J connectivity index is 1.78. The van der Waals surface area contributed by atoms with E-state index in [1.54, 1.807) is 0 Å². The van der Waals surface area contributed by atoms with Crippen molar-refractivity contribution in [1.29, 1.82) is 0 Å². The van der Waals surface area contributed by atoms with Gasteiger partial charge in [-0.2, -0.15) is 0 Å². The van der Waals surface area contributed by atoms with Gasteiger partial charge in [0.05, 0.1) is 0 Å². The van der Waals surface area contributed by atoms with Crippen molar-refractivity contribution < 1.29 is 0 Å². The smallest absolute Gasteiger partial charge is 0.108 e. The molecule has 0 aliphatic heterocycles. The first-order valence-corrected chi connectivity index (χ1v) is 11.6. The summed E-state index contributed by atoms with van der Waals surface area (Å²) in [5.74, 6) is 1.21. The fourth-order valence-corrected chi connectivity index (χ4v) is 3.74. The maximum Gasteiger partial charge on any atom is 0.108 e. The molecule has 0 spiro atoms. The lowest BCUT2D eigenvalue weighted by molar-refractivity contribution is 0.527. The summed E-state index contributed by atoms with van der Waals surface area (Å²) in [5, 5.41) is 0. The molecule has 0 aliphatic rings. The summed E-state index contributed by atoms with van der Waals surface area (Å²) in [7, 11) is 0. The van der Waals surface area contributed by atoms with E-state index in [2.05, 4.69) is 22.7 Å². The molecule has 1 aromatic rings. The third-order valence-electron chi connectivity index (χ3n) is 5.43. The zero-order valence-corrected chi connectivity index (χ0v) is 17.6. The first-order chi connectivity index (χ1) is 12.9. The molecule has 0 bridgehead atoms. The Kier molecular flexibility index (Phi) is 15.7. The summed E-state index contributed by atoms with van der Waals surface area (Å²) in [6, 6.07) is 0. The first kappa shape index (κ1) is 23.2. The predicted octanol–water partition coefficient (Wildman–Crippen LogP) is 6.65. The van der Waals surface area contributed by atoms with E-state index in [4.69, 9.17) is 5.73 Å². The molecule has 1 heterocycles. The molecule has 0 atom stereocenters. The summed E-state index contributed by atoms with van der Waals surface area (Å²) in [6.07, 6.45) is 27.8. The predicted molar refractivity (Wildman–Crippen MR) is 115 cm³/mol. The summed E-state index contributed by atoms with van der Waals surface area (Å²) >= 11 is 0. The van der Waals surface area contributed by atoms with Crippen molar-refractivity contribution >= 4 is 0 Å². The van der Waals surface area contributed by atoms with Crippen LogP contribution in [0, 0.1) is 0 Å². The first-order valence-electron chi connectivity index (χ1n) is 11.6. The second kappa shape index (κ2) is 17.6. The third-order valence-corrected chi connectivity index (χ3v) is 5.43. The molecule has 0 radical (unpaired) electrons. The standard InChI is InChI=1S/C23H45N3/c1-2-3-4-5-6-7-8-9-10-11-12-13-14-15-16-17-18-23-25-20-22-26(23)21-19-24/h20,22H,2-19,21,24H2,1H3. The van der Waals surface area contributed by atoms with E-state index in [-0.39, 0.29) is 0 Å². The number of unbranched alkanes of at least 4 members (excludes halogenated alkanes) is 15. The quantitative estimate of drug-likeness (QED) is 0.280. The van der Waals surface area contributed by atoms with Crippen LogP contribution in [0.4, 0.5) is 0 Å². The molecule has 152 valence electrons. The topological polar surface area (TPSA) is 43.8 Å². The van der Waals surface area contributed by atoms with Crippen LogP contribution in [0.25, 0.3) is 0 Å². The zero-order valence-electron chi connectivity index (χ0n) is 17.6. The normalized spacial score (nSPS) is 11.3. The Morgan fingerprint density at radius 1 is 0.731 bits per heavy atom. The van der Waals surface area contributed by atoms with Gasteiger partial charge >= 0.3 is 0 Å². The zero-order chi connectivity index (χ0) is 18.7. The molecule has 0 fully saturated rings. The molecule has 1 rings (SSSR count). The molecule has 2 N–H and O–H groups in total. The van der Waals surface area contributed by atoms with Gasteiger partial charge < -0.3 is 10.3 Å². The highest BCUT2D eigenvalue weighted by molar-refractivity contribution is 4.92. The average molecular weight is 364 g/mol. The molecule has 3 nitrogen and oxygen atoms in total. The SMILES string of the molecule is CCCCCCCCCCCCCCCCCCc1nccn1CCN. The Hall–Kier alpha value is -0.830. The van der Waals surface area contributed by atoms with Crippen LogP contribution in [0.3, 0.4) is 0 Å². The van der Waals surface area contributed by atoms with Crippen molar-refractivity contribution in [3.05, 3.63) is 18.2 Å². The van der Waals surface area contributed by atoms with E-state index < -0.39 is 0 Å². The van der Waals surface area contributed by atoms with Crippen LogP contribution in [-0.4, -0.2) is 16.1 Å². The summed E-state index contributed by atoms with van der Waals surface area (Å²) in [6.45, 7) is 3.89. The van der Waals surface area contributed by atoms with Gasteiger partial charge in [-0.1, -0.05) is 103 Å². The van der Waals surface area contributed by atoms with Crippen LogP contribution in [0.5, 0.6) is 0 Å². The summed E-state index contributed by atoms with van der Waals surface area (Å²) < 4.78 is 2.20. The van der Waals surface area contributed by atoms with Gasteiger partial charge in [0.2, 0.25) is 0 Å². The Morgan fingerprint density at radius 2 is 1.19 bits per heavy atom. The number of nitrogens with zero attached hydrogens (tertiary/aromatic N) is 2. The monoisotopic (exact) mass is 363 g/mol.